The third-order valence-corrected chi connectivity index (χ3v) is 4.25. The van der Waals surface area contributed by atoms with Gasteiger partial charge in [-0.1, -0.05) is 12.1 Å². The second-order valence-corrected chi connectivity index (χ2v) is 6.66. The monoisotopic (exact) mass is 318 g/mol. The van der Waals surface area contributed by atoms with Crippen molar-refractivity contribution in [3.63, 3.8) is 0 Å². The molecule has 0 aliphatic heterocycles. The minimum Gasteiger partial charge on any atom is -0.353 e. The van der Waals surface area contributed by atoms with E-state index in [0.717, 1.165) is 12.0 Å². The molecule has 22 heavy (non-hydrogen) atoms. The normalized spacial score (nSPS) is 11.9. The quantitative estimate of drug-likeness (QED) is 0.656. The van der Waals surface area contributed by atoms with Gasteiger partial charge < -0.3 is 5.32 Å². The molecule has 0 radical (unpaired) electrons. The van der Waals surface area contributed by atoms with E-state index < -0.39 is 4.92 Å². The smallest absolute Gasteiger partial charge is 0.269 e. The van der Waals surface area contributed by atoms with E-state index in [0.29, 0.717) is 0 Å². The molecule has 116 valence electrons. The van der Waals surface area contributed by atoms with Gasteiger partial charge in [-0.15, -0.1) is 11.3 Å². The highest BCUT2D eigenvalue weighted by Crippen LogP contribution is 2.17. The number of hydrogen-bond donors (Lipinski definition) is 1. The minimum atomic E-state index is -0.449. The van der Waals surface area contributed by atoms with Crippen LogP contribution in [0.15, 0.2) is 36.4 Å². The highest BCUT2D eigenvalue weighted by Gasteiger charge is 2.11. The van der Waals surface area contributed by atoms with Gasteiger partial charge in [-0.05, 0) is 31.5 Å². The van der Waals surface area contributed by atoms with Gasteiger partial charge in [-0.25, -0.2) is 0 Å². The third kappa shape index (κ3) is 4.66. The zero-order valence-corrected chi connectivity index (χ0v) is 13.4. The lowest BCUT2D eigenvalue weighted by Gasteiger charge is -2.13. The van der Waals surface area contributed by atoms with Crippen LogP contribution in [0.2, 0.25) is 0 Å². The predicted octanol–water partition coefficient (Wildman–Crippen LogP) is 3.25. The SMILES string of the molecule is Cc1ccc(C[C@H](C)NC(=O)Cc2ccc([N+](=O)[O-])cc2)s1. The molecule has 5 nitrogen and oxygen atoms in total. The molecule has 0 bridgehead atoms. The van der Waals surface area contributed by atoms with Gasteiger partial charge in [0.05, 0.1) is 11.3 Å². The van der Waals surface area contributed by atoms with Crippen LogP contribution in [0.5, 0.6) is 0 Å². The molecule has 0 fully saturated rings. The Morgan fingerprint density at radius 2 is 1.95 bits per heavy atom. The van der Waals surface area contributed by atoms with Crippen molar-refractivity contribution in [2.45, 2.75) is 32.7 Å². The number of nitro groups is 1. The van der Waals surface area contributed by atoms with Crippen molar-refractivity contribution < 1.29 is 9.72 Å². The second-order valence-electron chi connectivity index (χ2n) is 5.29. The minimum absolute atomic E-state index is 0.0330. The number of thiophene rings is 1. The van der Waals surface area contributed by atoms with Crippen LogP contribution >= 0.6 is 11.3 Å². The van der Waals surface area contributed by atoms with E-state index in [1.807, 2.05) is 6.92 Å². The average Bonchev–Trinajstić information content (AvgIpc) is 2.84. The number of rotatable bonds is 6. The molecular weight excluding hydrogens is 300 g/mol. The average molecular weight is 318 g/mol. The van der Waals surface area contributed by atoms with E-state index in [-0.39, 0.29) is 24.1 Å². The molecule has 0 saturated carbocycles. The molecule has 1 heterocycles. The molecule has 0 saturated heterocycles. The van der Waals surface area contributed by atoms with Gasteiger partial charge in [0.1, 0.15) is 0 Å². The largest absolute Gasteiger partial charge is 0.353 e. The maximum Gasteiger partial charge on any atom is 0.269 e. The van der Waals surface area contributed by atoms with Crippen LogP contribution in [0, 0.1) is 17.0 Å². The standard InChI is InChI=1S/C16H18N2O3S/c1-11(9-15-8-3-12(2)22-15)17-16(19)10-13-4-6-14(7-5-13)18(20)21/h3-8,11H,9-10H2,1-2H3,(H,17,19)/t11-/m0/s1. The van der Waals surface area contributed by atoms with Crippen molar-refractivity contribution in [3.05, 3.63) is 61.8 Å². The summed E-state index contributed by atoms with van der Waals surface area (Å²) < 4.78 is 0. The number of nitrogens with one attached hydrogen (secondary N) is 1. The van der Waals surface area contributed by atoms with Crippen molar-refractivity contribution >= 4 is 22.9 Å². The van der Waals surface area contributed by atoms with Gasteiger partial charge >= 0.3 is 0 Å². The molecule has 2 aromatic rings. The van der Waals surface area contributed by atoms with E-state index in [4.69, 9.17) is 0 Å². The topological polar surface area (TPSA) is 72.2 Å². The molecule has 0 aliphatic carbocycles. The molecule has 1 amide bonds. The molecule has 1 aromatic carbocycles. The number of aryl methyl sites for hydroxylation is 1. The number of amides is 1. The van der Waals surface area contributed by atoms with Crippen molar-refractivity contribution in [2.24, 2.45) is 0 Å². The summed E-state index contributed by atoms with van der Waals surface area (Å²) in [5.74, 6) is -0.0744. The molecule has 1 N–H and O–H groups in total. The van der Waals surface area contributed by atoms with Crippen molar-refractivity contribution in [1.82, 2.24) is 5.32 Å². The number of carbonyl (C=O) groups excluding carboxylic acids is 1. The Bertz CT molecular complexity index is 664. The fraction of sp³-hybridized carbons (Fsp3) is 0.312. The van der Waals surface area contributed by atoms with E-state index in [9.17, 15) is 14.9 Å². The van der Waals surface area contributed by atoms with Gasteiger partial charge in [-0.2, -0.15) is 0 Å². The number of carbonyl (C=O) groups is 1. The lowest BCUT2D eigenvalue weighted by atomic mass is 10.1. The predicted molar refractivity (Wildman–Crippen MR) is 87.2 cm³/mol. The van der Waals surface area contributed by atoms with Crippen molar-refractivity contribution in [3.8, 4) is 0 Å². The summed E-state index contributed by atoms with van der Waals surface area (Å²) in [6.07, 6.45) is 1.04. The lowest BCUT2D eigenvalue weighted by molar-refractivity contribution is -0.384. The Kier molecular flexibility index (Phi) is 5.27. The summed E-state index contributed by atoms with van der Waals surface area (Å²) in [5.41, 5.74) is 0.799. The fourth-order valence-corrected chi connectivity index (χ4v) is 3.21. The summed E-state index contributed by atoms with van der Waals surface area (Å²) in [7, 11) is 0. The Morgan fingerprint density at radius 1 is 1.27 bits per heavy atom. The zero-order valence-electron chi connectivity index (χ0n) is 12.5. The first-order valence-electron chi connectivity index (χ1n) is 7.02. The number of non-ortho nitro benzene ring substituents is 1. The first kappa shape index (κ1) is 16.2. The van der Waals surface area contributed by atoms with Crippen LogP contribution < -0.4 is 5.32 Å². The molecule has 0 unspecified atom stereocenters. The molecule has 1 atom stereocenters. The van der Waals surface area contributed by atoms with Crippen molar-refractivity contribution in [2.75, 3.05) is 0 Å². The highest BCUT2D eigenvalue weighted by atomic mass is 32.1. The maximum absolute atomic E-state index is 12.0. The van der Waals surface area contributed by atoms with Crippen LogP contribution in [-0.2, 0) is 17.6 Å². The molecule has 0 aliphatic rings. The highest BCUT2D eigenvalue weighted by molar-refractivity contribution is 7.11. The summed E-state index contributed by atoms with van der Waals surface area (Å²) in [6, 6.07) is 10.3. The molecular formula is C16H18N2O3S. The first-order chi connectivity index (χ1) is 10.4. The summed E-state index contributed by atoms with van der Waals surface area (Å²) in [6.45, 7) is 4.04. The van der Waals surface area contributed by atoms with Crippen LogP contribution in [-0.4, -0.2) is 16.9 Å². The van der Waals surface area contributed by atoms with Gasteiger partial charge in [0.2, 0.25) is 5.91 Å². The van der Waals surface area contributed by atoms with Gasteiger partial charge in [-0.3, -0.25) is 14.9 Å². The van der Waals surface area contributed by atoms with E-state index >= 15 is 0 Å². The van der Waals surface area contributed by atoms with Crippen LogP contribution in [0.4, 0.5) is 5.69 Å². The van der Waals surface area contributed by atoms with E-state index in [1.54, 1.807) is 23.5 Å². The van der Waals surface area contributed by atoms with Crippen LogP contribution in [0.3, 0.4) is 0 Å². The number of nitrogens with zero attached hydrogens (tertiary/aromatic N) is 1. The summed E-state index contributed by atoms with van der Waals surface area (Å²) in [4.78, 5) is 24.6. The van der Waals surface area contributed by atoms with Gasteiger partial charge in [0.15, 0.2) is 0 Å². The summed E-state index contributed by atoms with van der Waals surface area (Å²) in [5, 5.41) is 13.5. The van der Waals surface area contributed by atoms with E-state index in [1.165, 1.54) is 21.9 Å². The Morgan fingerprint density at radius 3 is 2.50 bits per heavy atom. The van der Waals surface area contributed by atoms with Gasteiger partial charge in [0.25, 0.3) is 5.69 Å². The maximum atomic E-state index is 12.0. The Hall–Kier alpha value is -2.21. The van der Waals surface area contributed by atoms with Crippen LogP contribution in [0.25, 0.3) is 0 Å². The van der Waals surface area contributed by atoms with Crippen molar-refractivity contribution in [1.29, 1.82) is 0 Å². The first-order valence-corrected chi connectivity index (χ1v) is 7.83. The molecule has 0 spiro atoms. The Labute approximate surface area is 133 Å². The summed E-state index contributed by atoms with van der Waals surface area (Å²) >= 11 is 1.74. The second kappa shape index (κ2) is 7.17. The number of nitro benzene ring substituents is 1. The van der Waals surface area contributed by atoms with Crippen LogP contribution in [0.1, 0.15) is 22.2 Å². The molecule has 1 aromatic heterocycles. The molecule has 6 heteroatoms. The Balaban J connectivity index is 1.85. The molecule has 2 rings (SSSR count). The zero-order chi connectivity index (χ0) is 16.1. The fourth-order valence-electron chi connectivity index (χ4n) is 2.19. The number of hydrogen-bond acceptors (Lipinski definition) is 4. The third-order valence-electron chi connectivity index (χ3n) is 3.22. The lowest BCUT2D eigenvalue weighted by Crippen LogP contribution is -2.34. The van der Waals surface area contributed by atoms with E-state index in [2.05, 4.69) is 24.4 Å². The number of benzene rings is 1. The van der Waals surface area contributed by atoms with Gasteiger partial charge in [0, 0.05) is 34.3 Å².